The first-order chi connectivity index (χ1) is 6.54. The Balaban J connectivity index is 2.53. The summed E-state index contributed by atoms with van der Waals surface area (Å²) in [5.41, 5.74) is 0. The van der Waals surface area contributed by atoms with Crippen molar-refractivity contribution in [2.75, 3.05) is 32.6 Å². The maximum absolute atomic E-state index is 11.5. The lowest BCUT2D eigenvalue weighted by molar-refractivity contribution is -0.149. The molecule has 1 atom stereocenters. The van der Waals surface area contributed by atoms with Crippen LogP contribution in [0.3, 0.4) is 0 Å². The minimum atomic E-state index is -0.00799. The highest BCUT2D eigenvalue weighted by molar-refractivity contribution is 6.18. The van der Waals surface area contributed by atoms with E-state index >= 15 is 0 Å². The van der Waals surface area contributed by atoms with Crippen molar-refractivity contribution in [3.05, 3.63) is 0 Å². The van der Waals surface area contributed by atoms with Gasteiger partial charge >= 0.3 is 0 Å². The third kappa shape index (κ3) is 2.61. The van der Waals surface area contributed by atoms with Crippen LogP contribution in [-0.2, 0) is 9.59 Å². The fraction of sp³-hybridized carbons (Fsp3) is 0.778. The van der Waals surface area contributed by atoms with Crippen LogP contribution < -0.4 is 0 Å². The molecule has 1 aliphatic heterocycles. The highest BCUT2D eigenvalue weighted by Crippen LogP contribution is 2.07. The van der Waals surface area contributed by atoms with Crippen molar-refractivity contribution in [2.24, 2.45) is 5.92 Å². The SMILES string of the molecule is CC(CCl)CN1CC(=O)N(C)CC1=O. The molecule has 1 rings (SSSR count). The van der Waals surface area contributed by atoms with Crippen LogP contribution in [0.1, 0.15) is 6.92 Å². The zero-order chi connectivity index (χ0) is 10.7. The molecule has 0 saturated carbocycles. The molecule has 0 bridgehead atoms. The van der Waals surface area contributed by atoms with Crippen LogP contribution >= 0.6 is 11.6 Å². The van der Waals surface area contributed by atoms with Gasteiger partial charge in [-0.15, -0.1) is 11.6 Å². The van der Waals surface area contributed by atoms with Gasteiger partial charge in [0.1, 0.15) is 0 Å². The molecule has 0 radical (unpaired) electrons. The molecule has 1 heterocycles. The number of hydrogen-bond acceptors (Lipinski definition) is 2. The molecule has 1 unspecified atom stereocenters. The van der Waals surface area contributed by atoms with E-state index in [4.69, 9.17) is 11.6 Å². The van der Waals surface area contributed by atoms with Gasteiger partial charge in [-0.25, -0.2) is 0 Å². The smallest absolute Gasteiger partial charge is 0.242 e. The normalized spacial score (nSPS) is 20.2. The lowest BCUT2D eigenvalue weighted by atomic mass is 10.2. The first kappa shape index (κ1) is 11.3. The number of alkyl halides is 1. The van der Waals surface area contributed by atoms with Crippen LogP contribution in [0.25, 0.3) is 0 Å². The fourth-order valence-electron chi connectivity index (χ4n) is 1.35. The zero-order valence-electron chi connectivity index (χ0n) is 8.49. The number of piperazine rings is 1. The second kappa shape index (κ2) is 4.64. The van der Waals surface area contributed by atoms with Gasteiger partial charge in [-0.2, -0.15) is 0 Å². The van der Waals surface area contributed by atoms with E-state index in [1.54, 1.807) is 11.9 Å². The van der Waals surface area contributed by atoms with Crippen molar-refractivity contribution in [1.29, 1.82) is 0 Å². The van der Waals surface area contributed by atoms with Crippen molar-refractivity contribution in [1.82, 2.24) is 9.80 Å². The van der Waals surface area contributed by atoms with Gasteiger partial charge < -0.3 is 9.80 Å². The molecule has 1 fully saturated rings. The van der Waals surface area contributed by atoms with Crippen LogP contribution in [0.4, 0.5) is 0 Å². The average Bonchev–Trinajstić information content (AvgIpc) is 2.14. The molecule has 2 amide bonds. The van der Waals surface area contributed by atoms with Gasteiger partial charge in [-0.3, -0.25) is 9.59 Å². The summed E-state index contributed by atoms with van der Waals surface area (Å²) >= 11 is 5.65. The molecule has 1 saturated heterocycles. The summed E-state index contributed by atoms with van der Waals surface area (Å²) in [4.78, 5) is 25.8. The topological polar surface area (TPSA) is 40.6 Å². The van der Waals surface area contributed by atoms with E-state index in [0.29, 0.717) is 12.4 Å². The summed E-state index contributed by atoms with van der Waals surface area (Å²) in [5.74, 6) is 0.737. The summed E-state index contributed by atoms with van der Waals surface area (Å²) in [5, 5.41) is 0. The number of likely N-dealkylation sites (N-methyl/N-ethyl adjacent to an activating group) is 1. The second-order valence-electron chi connectivity index (χ2n) is 3.78. The molecule has 1 aliphatic rings. The van der Waals surface area contributed by atoms with Crippen LogP contribution in [-0.4, -0.2) is 54.2 Å². The Bertz CT molecular complexity index is 245. The minimum absolute atomic E-state index is 0.00377. The summed E-state index contributed by atoms with van der Waals surface area (Å²) in [6, 6.07) is 0. The summed E-state index contributed by atoms with van der Waals surface area (Å²) in [6.07, 6.45) is 0. The van der Waals surface area contributed by atoms with E-state index in [0.717, 1.165) is 0 Å². The van der Waals surface area contributed by atoms with Gasteiger partial charge in [0.15, 0.2) is 0 Å². The third-order valence-corrected chi connectivity index (χ3v) is 2.80. The number of amides is 2. The third-order valence-electron chi connectivity index (χ3n) is 2.27. The van der Waals surface area contributed by atoms with E-state index < -0.39 is 0 Å². The quantitative estimate of drug-likeness (QED) is 0.634. The van der Waals surface area contributed by atoms with Crippen LogP contribution in [0.5, 0.6) is 0 Å². The monoisotopic (exact) mass is 218 g/mol. The highest BCUT2D eigenvalue weighted by Gasteiger charge is 2.27. The molecule has 0 aromatic heterocycles. The van der Waals surface area contributed by atoms with E-state index in [1.807, 2.05) is 6.92 Å². The van der Waals surface area contributed by atoms with Gasteiger partial charge in [-0.05, 0) is 5.92 Å². The van der Waals surface area contributed by atoms with Crippen molar-refractivity contribution in [2.45, 2.75) is 6.92 Å². The Morgan fingerprint density at radius 2 is 2.00 bits per heavy atom. The average molecular weight is 219 g/mol. The zero-order valence-corrected chi connectivity index (χ0v) is 9.25. The molecule has 0 spiro atoms. The van der Waals surface area contributed by atoms with Gasteiger partial charge in [-0.1, -0.05) is 6.92 Å². The highest BCUT2D eigenvalue weighted by atomic mass is 35.5. The molecule has 0 N–H and O–H groups in total. The minimum Gasteiger partial charge on any atom is -0.335 e. The molecule has 14 heavy (non-hydrogen) atoms. The van der Waals surface area contributed by atoms with Crippen LogP contribution in [0, 0.1) is 5.92 Å². The molecule has 0 aromatic carbocycles. The van der Waals surface area contributed by atoms with E-state index in [2.05, 4.69) is 0 Å². The largest absolute Gasteiger partial charge is 0.335 e. The van der Waals surface area contributed by atoms with Crippen LogP contribution in [0.2, 0.25) is 0 Å². The van der Waals surface area contributed by atoms with Crippen LogP contribution in [0.15, 0.2) is 0 Å². The number of carbonyl (C=O) groups is 2. The lowest BCUT2D eigenvalue weighted by Crippen LogP contribution is -2.53. The van der Waals surface area contributed by atoms with Gasteiger partial charge in [0.05, 0.1) is 13.1 Å². The Morgan fingerprint density at radius 3 is 2.57 bits per heavy atom. The molecule has 80 valence electrons. The molecular formula is C9H15ClN2O2. The Hall–Kier alpha value is -0.770. The Labute approximate surface area is 88.8 Å². The maximum atomic E-state index is 11.5. The van der Waals surface area contributed by atoms with Crippen molar-refractivity contribution in [3.63, 3.8) is 0 Å². The number of nitrogens with zero attached hydrogens (tertiary/aromatic N) is 2. The summed E-state index contributed by atoms with van der Waals surface area (Å²) < 4.78 is 0. The van der Waals surface area contributed by atoms with E-state index in [-0.39, 0.29) is 30.8 Å². The Kier molecular flexibility index (Phi) is 3.75. The molecule has 4 nitrogen and oxygen atoms in total. The van der Waals surface area contributed by atoms with Gasteiger partial charge in [0.25, 0.3) is 0 Å². The standard InChI is InChI=1S/C9H15ClN2O2/c1-7(3-10)4-12-6-8(13)11(2)5-9(12)14/h7H,3-6H2,1-2H3. The number of halogens is 1. The Morgan fingerprint density at radius 1 is 1.36 bits per heavy atom. The maximum Gasteiger partial charge on any atom is 0.242 e. The fourth-order valence-corrected chi connectivity index (χ4v) is 1.45. The van der Waals surface area contributed by atoms with Crippen molar-refractivity contribution < 1.29 is 9.59 Å². The molecule has 5 heteroatoms. The summed E-state index contributed by atoms with van der Waals surface area (Å²) in [6.45, 7) is 2.91. The van der Waals surface area contributed by atoms with Crippen molar-refractivity contribution in [3.8, 4) is 0 Å². The predicted molar refractivity (Wildman–Crippen MR) is 54.1 cm³/mol. The first-order valence-corrected chi connectivity index (χ1v) is 5.15. The number of rotatable bonds is 3. The van der Waals surface area contributed by atoms with Gasteiger partial charge in [0.2, 0.25) is 11.8 Å². The van der Waals surface area contributed by atoms with Crippen molar-refractivity contribution >= 4 is 23.4 Å². The lowest BCUT2D eigenvalue weighted by Gasteiger charge is -2.32. The number of carbonyl (C=O) groups excluding carboxylic acids is 2. The number of hydrogen-bond donors (Lipinski definition) is 0. The van der Waals surface area contributed by atoms with E-state index in [1.165, 1.54) is 4.90 Å². The molecule has 0 aromatic rings. The predicted octanol–water partition coefficient (Wildman–Crippen LogP) is 0.162. The molecule has 0 aliphatic carbocycles. The summed E-state index contributed by atoms with van der Waals surface area (Å²) in [7, 11) is 1.64. The molecular weight excluding hydrogens is 204 g/mol. The first-order valence-electron chi connectivity index (χ1n) is 4.62. The van der Waals surface area contributed by atoms with Gasteiger partial charge in [0, 0.05) is 19.5 Å². The second-order valence-corrected chi connectivity index (χ2v) is 4.09. The van der Waals surface area contributed by atoms with E-state index in [9.17, 15) is 9.59 Å².